The molecule has 8 aromatic rings. The zero-order valence-corrected chi connectivity index (χ0v) is 41.0. The lowest BCUT2D eigenvalue weighted by molar-refractivity contribution is 0.0240. The van der Waals surface area contributed by atoms with Gasteiger partial charge in [0.25, 0.3) is 23.6 Å². The normalized spacial score (nSPS) is 13.8. The van der Waals surface area contributed by atoms with Crippen LogP contribution in [0.4, 0.5) is 39.4 Å². The lowest BCUT2D eigenvalue weighted by Crippen LogP contribution is -2.50. The van der Waals surface area contributed by atoms with Gasteiger partial charge in [-0.1, -0.05) is 24.3 Å². The molecule has 0 atom stereocenters. The Balaban J connectivity index is 0.000000183. The number of fused-ring (bicyclic) bond motifs is 2. The van der Waals surface area contributed by atoms with Crippen LogP contribution in [0.5, 0.6) is 0 Å². The average molecular weight is 989 g/mol. The Morgan fingerprint density at radius 1 is 0.562 bits per heavy atom. The van der Waals surface area contributed by atoms with Crippen molar-refractivity contribution < 1.29 is 28.7 Å². The third-order valence-corrected chi connectivity index (χ3v) is 12.1. The van der Waals surface area contributed by atoms with Crippen molar-refractivity contribution in [2.75, 3.05) is 83.4 Å². The van der Waals surface area contributed by atoms with Gasteiger partial charge in [-0.3, -0.25) is 29.8 Å². The van der Waals surface area contributed by atoms with E-state index in [1.165, 1.54) is 12.7 Å². The molecule has 73 heavy (non-hydrogen) atoms. The zero-order chi connectivity index (χ0) is 51.2. The topological polar surface area (TPSA) is 279 Å². The minimum Gasteiger partial charge on any atom is -0.444 e. The fourth-order valence-electron chi connectivity index (χ4n) is 8.37. The first-order chi connectivity index (χ1) is 35.2. The number of aryl methyl sites for hydroxylation is 2. The highest BCUT2D eigenvalue weighted by Gasteiger charge is 2.28. The smallest absolute Gasteiger partial charge is 0.410 e. The molecule has 22 nitrogen and oxygen atoms in total. The summed E-state index contributed by atoms with van der Waals surface area (Å²) >= 11 is 0. The fourth-order valence-corrected chi connectivity index (χ4v) is 8.37. The van der Waals surface area contributed by atoms with Gasteiger partial charge >= 0.3 is 6.09 Å². The van der Waals surface area contributed by atoms with Crippen molar-refractivity contribution in [1.29, 1.82) is 0 Å². The number of nitrogens with one attached hydrogen (secondary N) is 9. The lowest BCUT2D eigenvalue weighted by Gasteiger charge is -2.37. The van der Waals surface area contributed by atoms with Gasteiger partial charge in [0.05, 0.1) is 34.7 Å². The predicted molar refractivity (Wildman–Crippen MR) is 279 cm³/mol. The minimum atomic E-state index is -0.542. The van der Waals surface area contributed by atoms with Crippen LogP contribution in [0.3, 0.4) is 0 Å². The number of H-pyrrole nitrogens is 4. The third-order valence-electron chi connectivity index (χ3n) is 12.1. The molecule has 4 aromatic carbocycles. The molecule has 0 saturated carbocycles. The van der Waals surface area contributed by atoms with Gasteiger partial charge in [-0.15, -0.1) is 0 Å². The number of para-hydroxylation sites is 4. The largest absolute Gasteiger partial charge is 0.444 e. The number of ether oxygens (including phenoxy) is 1. The standard InChI is InChI=1S/C28H32N8O4.C23H24N8O2/c1-17-15-18(35-11-13-36(14-12-35)27(39)40-28(2,3)4)9-10-19(17)31-24(37)22-23(30-16-29-22)25(38)34-26-32-20-7-5-6-8-21(20)33-26;1-14-12-15(31-10-8-24-9-11-31)6-7-16(14)27-21(32)19-20(26-13-25-19)22(33)30-23-28-17-4-2-3-5-18(17)29-23/h5-10,15-16H,11-14H2,1-4H3,(H,29,30)(H,31,37)(H2,32,33,34,38);2-7,12-13,24H,8-11H2,1H3,(H,25,26)(H,27,32)(H2,28,29,30,33). The highest BCUT2D eigenvalue weighted by molar-refractivity contribution is 6.14. The maximum atomic E-state index is 13.1. The Morgan fingerprint density at radius 2 is 1.01 bits per heavy atom. The molecular weight excluding hydrogens is 933 g/mol. The SMILES string of the molecule is Cc1cc(N2CCN(C(=O)OC(C)(C)C)CC2)ccc1NC(=O)c1nc[nH]c1C(=O)Nc1nc2ccccc2[nH]1.Cc1cc(N2CCNCC2)ccc1NC(=O)c1nc[nH]c1C(=O)Nc1nc2ccccc2[nH]1. The number of amides is 5. The van der Waals surface area contributed by atoms with Gasteiger partial charge in [0.1, 0.15) is 17.0 Å². The number of aromatic amines is 4. The van der Waals surface area contributed by atoms with Crippen molar-refractivity contribution in [2.24, 2.45) is 0 Å². The van der Waals surface area contributed by atoms with Gasteiger partial charge in [0.2, 0.25) is 11.9 Å². The summed E-state index contributed by atoms with van der Waals surface area (Å²) in [5.41, 5.74) is 7.73. The summed E-state index contributed by atoms with van der Waals surface area (Å²) in [6, 6.07) is 26.5. The van der Waals surface area contributed by atoms with Crippen molar-refractivity contribution in [3.05, 3.63) is 131 Å². The van der Waals surface area contributed by atoms with Crippen molar-refractivity contribution in [1.82, 2.24) is 50.1 Å². The molecular formula is C51H56N16O6. The van der Waals surface area contributed by atoms with E-state index in [9.17, 15) is 24.0 Å². The molecule has 0 spiro atoms. The fraction of sp³-hybridized carbons (Fsp3) is 0.275. The number of rotatable bonds is 10. The summed E-state index contributed by atoms with van der Waals surface area (Å²) in [5.74, 6) is -1.48. The van der Waals surface area contributed by atoms with Gasteiger partial charge < -0.3 is 55.3 Å². The van der Waals surface area contributed by atoms with E-state index in [4.69, 9.17) is 4.74 Å². The molecule has 5 amide bonds. The van der Waals surface area contributed by atoms with E-state index in [-0.39, 0.29) is 34.8 Å². The van der Waals surface area contributed by atoms with E-state index in [1.54, 1.807) is 4.90 Å². The highest BCUT2D eigenvalue weighted by atomic mass is 16.6. The first kappa shape index (κ1) is 49.0. The van der Waals surface area contributed by atoms with E-state index < -0.39 is 29.2 Å². The number of carbonyl (C=O) groups excluding carboxylic acids is 5. The van der Waals surface area contributed by atoms with Crippen molar-refractivity contribution in [3.63, 3.8) is 0 Å². The molecule has 0 unspecified atom stereocenters. The van der Waals surface area contributed by atoms with Crippen LogP contribution in [0, 0.1) is 13.8 Å². The Labute approximate surface area is 419 Å². The van der Waals surface area contributed by atoms with E-state index >= 15 is 0 Å². The van der Waals surface area contributed by atoms with Crippen LogP contribution < -0.4 is 36.4 Å². The van der Waals surface area contributed by atoms with Crippen LogP contribution in [-0.4, -0.2) is 132 Å². The minimum absolute atomic E-state index is 0.00851. The molecule has 4 aromatic heterocycles. The van der Waals surface area contributed by atoms with Crippen LogP contribution >= 0.6 is 0 Å². The molecule has 2 aliphatic rings. The summed E-state index contributed by atoms with van der Waals surface area (Å²) < 4.78 is 5.48. The van der Waals surface area contributed by atoms with E-state index in [0.29, 0.717) is 49.0 Å². The number of nitrogens with zero attached hydrogens (tertiary/aromatic N) is 7. The maximum absolute atomic E-state index is 13.1. The third kappa shape index (κ3) is 11.6. The number of benzene rings is 4. The van der Waals surface area contributed by atoms with E-state index in [0.717, 1.165) is 65.2 Å². The van der Waals surface area contributed by atoms with E-state index in [1.807, 2.05) is 113 Å². The Morgan fingerprint density at radius 3 is 1.45 bits per heavy atom. The number of hydrogen-bond acceptors (Lipinski definition) is 13. The van der Waals surface area contributed by atoms with Crippen LogP contribution in [0.15, 0.2) is 97.6 Å². The molecule has 0 bridgehead atoms. The average Bonchev–Trinajstić information content (AvgIpc) is 4.22. The molecule has 6 heterocycles. The monoisotopic (exact) mass is 988 g/mol. The number of hydrogen-bond donors (Lipinski definition) is 9. The maximum Gasteiger partial charge on any atom is 0.410 e. The molecule has 0 radical (unpaired) electrons. The molecule has 9 N–H and O–H groups in total. The van der Waals surface area contributed by atoms with Gasteiger partial charge in [-0.05, 0) is 106 Å². The second-order valence-corrected chi connectivity index (χ2v) is 18.5. The highest BCUT2D eigenvalue weighted by Crippen LogP contribution is 2.27. The van der Waals surface area contributed by atoms with Crippen LogP contribution in [-0.2, 0) is 4.74 Å². The molecule has 0 aliphatic carbocycles. The first-order valence-corrected chi connectivity index (χ1v) is 23.8. The quantitative estimate of drug-likeness (QED) is 0.0694. The van der Waals surface area contributed by atoms with E-state index in [2.05, 4.69) is 82.3 Å². The number of aromatic nitrogens is 8. The number of anilines is 6. The predicted octanol–water partition coefficient (Wildman–Crippen LogP) is 6.66. The van der Waals surface area contributed by atoms with Gasteiger partial charge in [0, 0.05) is 75.1 Å². The van der Waals surface area contributed by atoms with Crippen molar-refractivity contribution in [2.45, 2.75) is 40.2 Å². The molecule has 10 rings (SSSR count). The summed E-state index contributed by atoms with van der Waals surface area (Å²) in [6.07, 6.45) is 2.32. The summed E-state index contributed by atoms with van der Waals surface area (Å²) in [4.78, 5) is 98.6. The molecule has 2 aliphatic heterocycles. The summed E-state index contributed by atoms with van der Waals surface area (Å²) in [5, 5.41) is 14.4. The Hall–Kier alpha value is -9.05. The van der Waals surface area contributed by atoms with Crippen LogP contribution in [0.2, 0.25) is 0 Å². The lowest BCUT2D eigenvalue weighted by atomic mass is 10.1. The zero-order valence-electron chi connectivity index (χ0n) is 41.0. The van der Waals surface area contributed by atoms with Crippen LogP contribution in [0.1, 0.15) is 73.9 Å². The second-order valence-electron chi connectivity index (χ2n) is 18.5. The van der Waals surface area contributed by atoms with Gasteiger partial charge in [0.15, 0.2) is 11.4 Å². The number of imidazole rings is 4. The Bertz CT molecular complexity index is 3250. The van der Waals surface area contributed by atoms with Crippen molar-refractivity contribution in [3.8, 4) is 0 Å². The first-order valence-electron chi connectivity index (χ1n) is 23.8. The molecule has 2 fully saturated rings. The van der Waals surface area contributed by atoms with Crippen LogP contribution in [0.25, 0.3) is 22.1 Å². The molecule has 2 saturated heterocycles. The Kier molecular flexibility index (Phi) is 14.2. The number of carbonyl (C=O) groups is 5. The van der Waals surface area contributed by atoms with Gasteiger partial charge in [-0.2, -0.15) is 0 Å². The number of piperazine rings is 2. The second kappa shape index (κ2) is 21.1. The van der Waals surface area contributed by atoms with Gasteiger partial charge in [-0.25, -0.2) is 24.7 Å². The summed E-state index contributed by atoms with van der Waals surface area (Å²) in [7, 11) is 0. The molecule has 22 heteroatoms. The van der Waals surface area contributed by atoms with Crippen molar-refractivity contribution >= 4 is 86.4 Å². The summed E-state index contributed by atoms with van der Waals surface area (Å²) in [6.45, 7) is 15.7. The molecule has 376 valence electrons.